The van der Waals surface area contributed by atoms with Crippen molar-refractivity contribution in [3.63, 3.8) is 0 Å². The zero-order valence-corrected chi connectivity index (χ0v) is 38.9. The number of hydrogen-bond acceptors (Lipinski definition) is 12. The second kappa shape index (κ2) is 31.2. The van der Waals surface area contributed by atoms with Gasteiger partial charge in [0.15, 0.2) is 0 Å². The van der Waals surface area contributed by atoms with Gasteiger partial charge in [-0.05, 0) is 127 Å². The molecule has 3 saturated carbocycles. The minimum absolute atomic E-state index is 0. The van der Waals surface area contributed by atoms with Crippen LogP contribution in [0.1, 0.15) is 141 Å². The van der Waals surface area contributed by atoms with Gasteiger partial charge in [0, 0.05) is 122 Å². The molecule has 5 N–H and O–H groups in total. The van der Waals surface area contributed by atoms with Crippen molar-refractivity contribution in [2.24, 2.45) is 5.73 Å². The molecule has 2 amide bonds. The van der Waals surface area contributed by atoms with Crippen LogP contribution in [0.15, 0.2) is 0 Å². The van der Waals surface area contributed by atoms with E-state index in [-0.39, 0.29) is 64.7 Å². The summed E-state index contributed by atoms with van der Waals surface area (Å²) in [5.74, 6) is 0.289. The van der Waals surface area contributed by atoms with Gasteiger partial charge in [-0.25, -0.2) is 9.59 Å². The van der Waals surface area contributed by atoms with Crippen LogP contribution in [0.25, 0.3) is 0 Å². The molecule has 3 aliphatic carbocycles. The maximum atomic E-state index is 11.8. The Kier molecular flexibility index (Phi) is 31.3. The van der Waals surface area contributed by atoms with Crippen LogP contribution in [0.5, 0.6) is 0 Å². The molecule has 0 aromatic heterocycles. The smallest absolute Gasteiger partial charge is 0.407 e. The third kappa shape index (κ3) is 27.2. The second-order valence-electron chi connectivity index (χ2n) is 19.4. The largest absolute Gasteiger partial charge is 0.444 e. The zero-order chi connectivity index (χ0) is 42.0. The number of Topliss-reactive ketones (excluding diaryl/α,β-unsaturated/α-hetero) is 1. The Hall–Kier alpha value is -1.78. The highest BCUT2D eigenvalue weighted by Crippen LogP contribution is 2.25. The molecule has 364 valence electrons. The Morgan fingerprint density at radius 3 is 1.21 bits per heavy atom. The van der Waals surface area contributed by atoms with E-state index in [1.807, 2.05) is 41.5 Å². The predicted molar refractivity (Wildman–Crippen MR) is 258 cm³/mol. The third-order valence-corrected chi connectivity index (χ3v) is 11.9. The lowest BCUT2D eigenvalue weighted by Gasteiger charge is -2.41. The van der Waals surface area contributed by atoms with Crippen LogP contribution in [-0.4, -0.2) is 184 Å². The Labute approximate surface area is 381 Å². The van der Waals surface area contributed by atoms with E-state index in [0.717, 1.165) is 44.8 Å². The van der Waals surface area contributed by atoms with Crippen molar-refractivity contribution in [3.8, 4) is 0 Å². The molecule has 0 bridgehead atoms. The van der Waals surface area contributed by atoms with Crippen molar-refractivity contribution in [3.05, 3.63) is 0 Å². The maximum Gasteiger partial charge on any atom is 0.407 e. The summed E-state index contributed by atoms with van der Waals surface area (Å²) in [7, 11) is 6.56. The summed E-state index contributed by atoms with van der Waals surface area (Å²) >= 11 is 0. The molecule has 15 heteroatoms. The number of nitrogens with zero attached hydrogens (tertiary/aromatic N) is 5. The number of nitrogens with two attached hydrogens (primary N) is 1. The summed E-state index contributed by atoms with van der Waals surface area (Å²) in [5.41, 5.74) is 5.04. The monoisotopic (exact) mass is 892 g/mol. The summed E-state index contributed by atoms with van der Waals surface area (Å²) in [4.78, 5) is 46.6. The molecule has 6 rings (SSSR count). The van der Waals surface area contributed by atoms with Crippen molar-refractivity contribution in [1.82, 2.24) is 40.4 Å². The van der Waals surface area contributed by atoms with Crippen LogP contribution in [0.2, 0.25) is 0 Å². The van der Waals surface area contributed by atoms with Crippen LogP contribution in [-0.2, 0) is 14.3 Å². The van der Waals surface area contributed by atoms with Gasteiger partial charge in [-0.1, -0.05) is 22.3 Å². The van der Waals surface area contributed by atoms with Crippen molar-refractivity contribution >= 4 is 30.4 Å². The quantitative estimate of drug-likeness (QED) is 0.246. The molecule has 14 nitrogen and oxygen atoms in total. The van der Waals surface area contributed by atoms with E-state index in [1.54, 1.807) is 0 Å². The number of piperazine rings is 3. The van der Waals surface area contributed by atoms with Crippen LogP contribution >= 0.6 is 12.4 Å². The summed E-state index contributed by atoms with van der Waals surface area (Å²) in [6.45, 7) is 25.7. The number of ketones is 1. The molecule has 0 aromatic carbocycles. The third-order valence-electron chi connectivity index (χ3n) is 11.9. The fourth-order valence-electron chi connectivity index (χ4n) is 8.24. The van der Waals surface area contributed by atoms with Crippen molar-refractivity contribution < 1.29 is 23.9 Å². The van der Waals surface area contributed by atoms with Gasteiger partial charge >= 0.3 is 12.2 Å². The Balaban J connectivity index is 0. The van der Waals surface area contributed by atoms with Crippen LogP contribution < -0.4 is 21.7 Å². The van der Waals surface area contributed by atoms with Crippen molar-refractivity contribution in [2.75, 3.05) is 99.7 Å². The van der Waals surface area contributed by atoms with E-state index >= 15 is 0 Å². The predicted octanol–water partition coefficient (Wildman–Crippen LogP) is 6.45. The topological polar surface area (TPSA) is 148 Å². The van der Waals surface area contributed by atoms with Gasteiger partial charge in [0.1, 0.15) is 17.0 Å². The van der Waals surface area contributed by atoms with Gasteiger partial charge in [-0.15, -0.1) is 12.4 Å². The number of nitrogens with one attached hydrogen (secondary N) is 3. The Morgan fingerprint density at radius 2 is 0.885 bits per heavy atom. The number of alkyl carbamates (subject to hydrolysis) is 2. The van der Waals surface area contributed by atoms with E-state index in [0.29, 0.717) is 24.9 Å². The summed E-state index contributed by atoms with van der Waals surface area (Å²) in [6, 6.07) is 2.40. The second-order valence-corrected chi connectivity index (χ2v) is 19.4. The molecule has 6 fully saturated rings. The number of carbonyl (C=O) groups is 3. The lowest BCUT2D eigenvalue weighted by Crippen LogP contribution is -2.51. The fraction of sp³-hybridized carbons (Fsp3) is 0.935. The standard InChI is InChI=1S/C16H31N3O2.C11H23N3.C11H19NO3.C5H12N2.3CH4.ClH/c1-16(2,3)21-15(20)17-13-5-7-14(8-6-13)19-11-9-18(4)10-12-19;1-13-6-8-14(9-7-13)11-4-2-10(12)3-5-11;1-11(2,3)15-10(14)12-8-4-6-9(13)7-5-8;1-7-4-2-6-3-5-7;;;;/h13-14H,5-12H2,1-4H3,(H,17,20);10-11H,2-9,12H2,1H3;8H,4-7H2,1-3H3,(H,12,14);6H,2-5H2,1H3;3*1H4;1H. The number of rotatable bonds is 4. The minimum Gasteiger partial charge on any atom is -0.444 e. The molecule has 3 saturated heterocycles. The molecule has 0 spiro atoms. The van der Waals surface area contributed by atoms with E-state index in [1.165, 1.54) is 104 Å². The number of likely N-dealkylation sites (N-methyl/N-ethyl adjacent to an activating group) is 3. The normalized spacial score (nSPS) is 26.1. The van der Waals surface area contributed by atoms with E-state index in [4.69, 9.17) is 15.2 Å². The van der Waals surface area contributed by atoms with E-state index in [2.05, 4.69) is 61.6 Å². The Morgan fingerprint density at radius 1 is 0.557 bits per heavy atom. The van der Waals surface area contributed by atoms with Crippen LogP contribution in [0.4, 0.5) is 9.59 Å². The zero-order valence-electron chi connectivity index (χ0n) is 38.1. The lowest BCUT2D eigenvalue weighted by atomic mass is 9.90. The van der Waals surface area contributed by atoms with Gasteiger partial charge in [0.25, 0.3) is 0 Å². The van der Waals surface area contributed by atoms with Crippen molar-refractivity contribution in [2.45, 2.75) is 182 Å². The lowest BCUT2D eigenvalue weighted by molar-refractivity contribution is -0.120. The molecule has 0 unspecified atom stereocenters. The minimum atomic E-state index is -0.464. The highest BCUT2D eigenvalue weighted by molar-refractivity contribution is 5.85. The number of amides is 2. The molecular weight excluding hydrogens is 794 g/mol. The summed E-state index contributed by atoms with van der Waals surface area (Å²) < 4.78 is 10.5. The molecule has 0 atom stereocenters. The molecular formula is C46H98ClN9O5. The van der Waals surface area contributed by atoms with Crippen molar-refractivity contribution in [1.29, 1.82) is 0 Å². The number of hydrogen-bond donors (Lipinski definition) is 4. The summed E-state index contributed by atoms with van der Waals surface area (Å²) in [6.07, 6.45) is 11.6. The molecule has 0 radical (unpaired) electrons. The number of ether oxygens (including phenoxy) is 2. The molecule has 3 aliphatic heterocycles. The van der Waals surface area contributed by atoms with Crippen LogP contribution in [0, 0.1) is 0 Å². The average Bonchev–Trinajstić information content (AvgIpc) is 3.14. The molecule has 6 aliphatic rings. The number of halogens is 1. The van der Waals surface area contributed by atoms with Gasteiger partial charge < -0.3 is 45.9 Å². The fourth-order valence-corrected chi connectivity index (χ4v) is 8.24. The van der Waals surface area contributed by atoms with Gasteiger partial charge in [0.05, 0.1) is 0 Å². The number of carbonyl (C=O) groups excluding carboxylic acids is 3. The Bertz CT molecular complexity index is 1120. The first kappa shape index (κ1) is 61.3. The van der Waals surface area contributed by atoms with Gasteiger partial charge in [-0.2, -0.15) is 0 Å². The van der Waals surface area contributed by atoms with Crippen LogP contribution in [0.3, 0.4) is 0 Å². The molecule has 61 heavy (non-hydrogen) atoms. The SMILES string of the molecule is C.C.C.CC(C)(C)OC(=O)NC1CCC(=O)CC1.CN1CCN(C2CCC(N)CC2)CC1.CN1CCN(C2CCC(NC(=O)OC(C)(C)C)CC2)CC1.CN1CCNCC1.Cl. The maximum absolute atomic E-state index is 11.8. The van der Waals surface area contributed by atoms with Gasteiger partial charge in [0.2, 0.25) is 0 Å². The first-order valence-electron chi connectivity index (χ1n) is 22.4. The van der Waals surface area contributed by atoms with E-state index in [9.17, 15) is 14.4 Å². The summed E-state index contributed by atoms with van der Waals surface area (Å²) in [5, 5.41) is 9.07. The molecule has 0 aromatic rings. The highest BCUT2D eigenvalue weighted by Gasteiger charge is 2.30. The van der Waals surface area contributed by atoms with E-state index < -0.39 is 11.2 Å². The average molecular weight is 893 g/mol. The highest BCUT2D eigenvalue weighted by atomic mass is 35.5. The van der Waals surface area contributed by atoms with Gasteiger partial charge in [-0.3, -0.25) is 14.6 Å². The molecule has 3 heterocycles. The first-order valence-corrected chi connectivity index (χ1v) is 22.4. The first-order chi connectivity index (χ1) is 26.8.